The Balaban J connectivity index is 1.88. The van der Waals surface area contributed by atoms with E-state index in [4.69, 9.17) is 0 Å². The molecule has 35 heavy (non-hydrogen) atoms. The fraction of sp³-hybridized carbons (Fsp3) is 0.500. The van der Waals surface area contributed by atoms with Gasteiger partial charge in [0.25, 0.3) is 5.91 Å². The number of hydrogen-bond donors (Lipinski definition) is 6. The Labute approximate surface area is 202 Å². The van der Waals surface area contributed by atoms with Crippen molar-refractivity contribution < 1.29 is 39.9 Å². The van der Waals surface area contributed by atoms with Crippen molar-refractivity contribution in [1.82, 2.24) is 5.32 Å². The topological polar surface area (TPSA) is 164 Å². The third-order valence-corrected chi connectivity index (χ3v) is 7.67. The lowest BCUT2D eigenvalue weighted by molar-refractivity contribution is -0.160. The highest BCUT2D eigenvalue weighted by molar-refractivity contribution is 6.23. The number of ketones is 2. The van der Waals surface area contributed by atoms with Crippen molar-refractivity contribution in [2.24, 2.45) is 11.8 Å². The molecule has 4 rings (SSSR count). The summed E-state index contributed by atoms with van der Waals surface area (Å²) in [6.07, 6.45) is -0.735. The van der Waals surface area contributed by atoms with E-state index < -0.39 is 76.0 Å². The minimum atomic E-state index is -2.80. The molecule has 0 heterocycles. The highest BCUT2D eigenvalue weighted by Gasteiger charge is 2.65. The molecule has 1 amide bonds. The van der Waals surface area contributed by atoms with Gasteiger partial charge in [-0.2, -0.15) is 0 Å². The summed E-state index contributed by atoms with van der Waals surface area (Å²) in [5, 5.41) is 57.9. The zero-order chi connectivity index (χ0) is 26.0. The molecular weight excluding hydrogens is 454 g/mol. The molecule has 0 unspecified atom stereocenters. The molecule has 0 aromatic heterocycles. The zero-order valence-corrected chi connectivity index (χ0v) is 20.1. The minimum Gasteiger partial charge on any atom is -0.508 e. The molecule has 3 aliphatic rings. The number of rotatable bonds is 4. The van der Waals surface area contributed by atoms with Crippen LogP contribution < -0.4 is 5.32 Å². The number of carbonyl (C=O) groups excluding carboxylic acids is 3. The number of hydrogen-bond acceptors (Lipinski definition) is 8. The monoisotopic (exact) mass is 485 g/mol. The summed E-state index contributed by atoms with van der Waals surface area (Å²) in [6.45, 7) is 7.11. The smallest absolute Gasteiger partial charge is 0.258 e. The summed E-state index contributed by atoms with van der Waals surface area (Å²) in [5.41, 5.74) is -4.11. The Kier molecular flexibility index (Phi) is 5.84. The second kappa shape index (κ2) is 8.20. The predicted molar refractivity (Wildman–Crippen MR) is 125 cm³/mol. The SMILES string of the molecule is CCCC(C)(C)NC(=O)C1=C(O)[C@@]2(O)C(=O)C3=C(O)c4c(O)cccc4[C@H](C)[C@H]3[C@H](O)[C@H]2CC1=O. The minimum absolute atomic E-state index is 0.00323. The van der Waals surface area contributed by atoms with Crippen LogP contribution in [0.4, 0.5) is 0 Å². The number of nitrogens with one attached hydrogen (secondary N) is 1. The summed E-state index contributed by atoms with van der Waals surface area (Å²) in [6, 6.07) is 4.55. The molecule has 9 heteroatoms. The van der Waals surface area contributed by atoms with Crippen molar-refractivity contribution in [2.45, 2.75) is 70.1 Å². The van der Waals surface area contributed by atoms with Crippen molar-refractivity contribution in [3.8, 4) is 5.75 Å². The lowest BCUT2D eigenvalue weighted by Gasteiger charge is -2.50. The normalized spacial score (nSPS) is 30.6. The van der Waals surface area contributed by atoms with Crippen LogP contribution >= 0.6 is 0 Å². The molecule has 6 N–H and O–H groups in total. The largest absolute Gasteiger partial charge is 0.508 e. The number of phenolic OH excluding ortho intramolecular Hbond substituents is 1. The van der Waals surface area contributed by atoms with Gasteiger partial charge in [-0.15, -0.1) is 0 Å². The fourth-order valence-electron chi connectivity index (χ4n) is 6.00. The molecule has 5 atom stereocenters. The molecule has 0 spiro atoms. The Morgan fingerprint density at radius 3 is 2.49 bits per heavy atom. The first kappa shape index (κ1) is 24.9. The molecule has 0 radical (unpaired) electrons. The highest BCUT2D eigenvalue weighted by atomic mass is 16.4. The average Bonchev–Trinajstić information content (AvgIpc) is 2.76. The van der Waals surface area contributed by atoms with E-state index in [1.807, 2.05) is 6.92 Å². The van der Waals surface area contributed by atoms with Gasteiger partial charge in [-0.05, 0) is 37.8 Å². The van der Waals surface area contributed by atoms with Gasteiger partial charge in [0.05, 0.1) is 11.7 Å². The van der Waals surface area contributed by atoms with Crippen LogP contribution in [0.5, 0.6) is 5.75 Å². The summed E-state index contributed by atoms with van der Waals surface area (Å²) in [4.78, 5) is 39.7. The van der Waals surface area contributed by atoms with Gasteiger partial charge in [-0.3, -0.25) is 14.4 Å². The quantitative estimate of drug-likeness (QED) is 0.353. The van der Waals surface area contributed by atoms with Gasteiger partial charge in [0.2, 0.25) is 5.78 Å². The molecule has 9 nitrogen and oxygen atoms in total. The van der Waals surface area contributed by atoms with E-state index in [1.165, 1.54) is 6.07 Å². The van der Waals surface area contributed by atoms with E-state index in [9.17, 15) is 39.9 Å². The van der Waals surface area contributed by atoms with Crippen LogP contribution in [0, 0.1) is 11.8 Å². The Bertz CT molecular complexity index is 1200. The number of aliphatic hydroxyl groups excluding tert-OH is 3. The fourth-order valence-corrected chi connectivity index (χ4v) is 6.00. The third-order valence-electron chi connectivity index (χ3n) is 7.67. The van der Waals surface area contributed by atoms with Crippen molar-refractivity contribution in [3.63, 3.8) is 0 Å². The Morgan fingerprint density at radius 2 is 1.86 bits per heavy atom. The number of amides is 1. The van der Waals surface area contributed by atoms with Gasteiger partial charge in [0, 0.05) is 29.4 Å². The molecule has 0 saturated heterocycles. The van der Waals surface area contributed by atoms with Crippen molar-refractivity contribution in [1.29, 1.82) is 0 Å². The van der Waals surface area contributed by atoms with Crippen LogP contribution in [0.15, 0.2) is 35.1 Å². The Morgan fingerprint density at radius 1 is 1.20 bits per heavy atom. The van der Waals surface area contributed by atoms with Gasteiger partial charge in [-0.1, -0.05) is 32.4 Å². The van der Waals surface area contributed by atoms with Gasteiger partial charge in [0.15, 0.2) is 11.4 Å². The molecule has 1 aromatic rings. The summed E-state index contributed by atoms with van der Waals surface area (Å²) in [5.74, 6) is -7.86. The lowest BCUT2D eigenvalue weighted by atomic mass is 9.55. The second-order valence-corrected chi connectivity index (χ2v) is 10.4. The van der Waals surface area contributed by atoms with Crippen molar-refractivity contribution in [2.75, 3.05) is 0 Å². The van der Waals surface area contributed by atoms with E-state index in [0.29, 0.717) is 12.0 Å². The number of fused-ring (bicyclic) bond motifs is 3. The highest BCUT2D eigenvalue weighted by Crippen LogP contribution is 2.55. The van der Waals surface area contributed by atoms with E-state index in [0.717, 1.165) is 6.42 Å². The number of aliphatic hydroxyl groups is 4. The molecule has 0 aliphatic heterocycles. The molecule has 0 bridgehead atoms. The van der Waals surface area contributed by atoms with E-state index >= 15 is 0 Å². The van der Waals surface area contributed by atoms with Crippen LogP contribution in [0.25, 0.3) is 5.76 Å². The van der Waals surface area contributed by atoms with Crippen LogP contribution in [-0.4, -0.2) is 60.3 Å². The molecule has 1 saturated carbocycles. The summed E-state index contributed by atoms with van der Waals surface area (Å²) in [7, 11) is 0. The maximum atomic E-state index is 13.7. The molecular formula is C26H31NO8. The molecule has 3 aliphatic carbocycles. The first-order valence-electron chi connectivity index (χ1n) is 11.8. The summed E-state index contributed by atoms with van der Waals surface area (Å²) >= 11 is 0. The maximum Gasteiger partial charge on any atom is 0.258 e. The molecule has 1 fully saturated rings. The first-order chi connectivity index (χ1) is 16.3. The second-order valence-electron chi connectivity index (χ2n) is 10.4. The van der Waals surface area contributed by atoms with Crippen molar-refractivity contribution >= 4 is 23.2 Å². The standard InChI is InChI=1S/C26H31NO8/c1-5-9-25(3,4)27-24(34)18-15(29)10-13-20(30)16-11(2)12-7-6-8-14(28)17(12)21(31)19(16)23(33)26(13,35)22(18)32/h6-8,11,13,16,20,28,30-32,35H,5,9-10H2,1-4H3,(H,27,34)/t11-,13+,16+,20+,26+/m0/s1. The lowest BCUT2D eigenvalue weighted by Crippen LogP contribution is -2.64. The van der Waals surface area contributed by atoms with E-state index in [2.05, 4.69) is 5.32 Å². The average molecular weight is 486 g/mol. The van der Waals surface area contributed by atoms with Crippen LogP contribution in [0.1, 0.15) is 64.0 Å². The van der Waals surface area contributed by atoms with Gasteiger partial charge in [-0.25, -0.2) is 0 Å². The predicted octanol–water partition coefficient (Wildman–Crippen LogP) is 2.17. The third kappa shape index (κ3) is 3.48. The number of Topliss-reactive ketones (excluding diaryl/α,β-unsaturated/α-hetero) is 2. The van der Waals surface area contributed by atoms with E-state index in [1.54, 1.807) is 32.9 Å². The van der Waals surface area contributed by atoms with Crippen LogP contribution in [-0.2, 0) is 14.4 Å². The van der Waals surface area contributed by atoms with Gasteiger partial charge >= 0.3 is 0 Å². The number of carbonyl (C=O) groups is 3. The number of benzene rings is 1. The summed E-state index contributed by atoms with van der Waals surface area (Å²) < 4.78 is 0. The van der Waals surface area contributed by atoms with Gasteiger partial charge in [0.1, 0.15) is 22.8 Å². The zero-order valence-electron chi connectivity index (χ0n) is 20.1. The van der Waals surface area contributed by atoms with Crippen molar-refractivity contribution in [3.05, 3.63) is 46.2 Å². The van der Waals surface area contributed by atoms with E-state index in [-0.39, 0.29) is 16.9 Å². The first-order valence-corrected chi connectivity index (χ1v) is 11.8. The van der Waals surface area contributed by atoms with Crippen LogP contribution in [0.2, 0.25) is 0 Å². The number of phenols is 1. The number of aromatic hydroxyl groups is 1. The van der Waals surface area contributed by atoms with Gasteiger partial charge < -0.3 is 30.8 Å². The molecule has 188 valence electrons. The van der Waals surface area contributed by atoms with Crippen LogP contribution in [0.3, 0.4) is 0 Å². The Hall–Kier alpha value is -3.17. The maximum absolute atomic E-state index is 13.7. The molecule has 1 aromatic carbocycles.